The second-order valence-electron chi connectivity index (χ2n) is 8.75. The highest BCUT2D eigenvalue weighted by atomic mass is 19.4. The molecule has 3 aromatic rings. The van der Waals surface area contributed by atoms with Crippen LogP contribution in [0, 0.1) is 13.8 Å². The molecule has 1 aliphatic rings. The topological polar surface area (TPSA) is 107 Å². The van der Waals surface area contributed by atoms with Crippen molar-refractivity contribution >= 4 is 22.9 Å². The summed E-state index contributed by atoms with van der Waals surface area (Å²) >= 11 is 0. The lowest BCUT2D eigenvalue weighted by Crippen LogP contribution is -2.41. The van der Waals surface area contributed by atoms with Crippen molar-refractivity contribution in [2.24, 2.45) is 0 Å². The summed E-state index contributed by atoms with van der Waals surface area (Å²) in [6.07, 6.45) is -3.21. The minimum Gasteiger partial charge on any atom is -0.475 e. The third kappa shape index (κ3) is 6.75. The Bertz CT molecular complexity index is 1270. The number of nitrogens with one attached hydrogen (secondary N) is 2. The number of imidazole rings is 1. The molecule has 0 atom stereocenters. The predicted molar refractivity (Wildman–Crippen MR) is 129 cm³/mol. The van der Waals surface area contributed by atoms with Crippen molar-refractivity contribution < 1.29 is 27.9 Å². The minimum absolute atomic E-state index is 0.0201. The Balaban J connectivity index is 0.000000454. The molecular formula is C25H29F3N4O4. The molecule has 0 bridgehead atoms. The van der Waals surface area contributed by atoms with E-state index in [1.165, 1.54) is 5.56 Å². The quantitative estimate of drug-likeness (QED) is 0.490. The van der Waals surface area contributed by atoms with E-state index in [1.807, 2.05) is 60.9 Å². The molecule has 0 radical (unpaired) electrons. The number of carbonyl (C=O) groups is 2. The van der Waals surface area contributed by atoms with Crippen LogP contribution in [0.3, 0.4) is 0 Å². The molecule has 3 N–H and O–H groups in total. The van der Waals surface area contributed by atoms with Crippen molar-refractivity contribution in [3.05, 3.63) is 69.6 Å². The smallest absolute Gasteiger partial charge is 0.475 e. The summed E-state index contributed by atoms with van der Waals surface area (Å²) in [6.45, 7) is 7.38. The average molecular weight is 507 g/mol. The van der Waals surface area contributed by atoms with Gasteiger partial charge in [-0.2, -0.15) is 13.2 Å². The van der Waals surface area contributed by atoms with Gasteiger partial charge in [-0.25, -0.2) is 9.59 Å². The number of H-pyrrole nitrogens is 1. The molecule has 1 aliphatic heterocycles. The van der Waals surface area contributed by atoms with E-state index in [1.54, 1.807) is 0 Å². The molecule has 0 aliphatic carbocycles. The van der Waals surface area contributed by atoms with Crippen LogP contribution in [0.5, 0.6) is 0 Å². The first-order valence-electron chi connectivity index (χ1n) is 11.5. The number of hydrogen-bond donors (Lipinski definition) is 3. The SMILES string of the molecule is Cc1ccc(C(=O)NCCN2CCC(n3c(=O)[nH]c4ccccc43)CC2)cc1C.O=C(O)C(F)(F)F. The average Bonchev–Trinajstić information content (AvgIpc) is 3.16. The third-order valence-corrected chi connectivity index (χ3v) is 6.27. The number of carboxylic acids is 1. The van der Waals surface area contributed by atoms with Crippen LogP contribution in [0.1, 0.15) is 40.4 Å². The Kier molecular flexibility index (Phi) is 8.57. The van der Waals surface area contributed by atoms with E-state index in [9.17, 15) is 22.8 Å². The number of aryl methyl sites for hydroxylation is 2. The van der Waals surface area contributed by atoms with Crippen LogP contribution in [0.25, 0.3) is 11.0 Å². The van der Waals surface area contributed by atoms with E-state index >= 15 is 0 Å². The number of fused-ring (bicyclic) bond motifs is 1. The van der Waals surface area contributed by atoms with Gasteiger partial charge in [0.05, 0.1) is 11.0 Å². The van der Waals surface area contributed by atoms with Crippen molar-refractivity contribution in [3.63, 3.8) is 0 Å². The summed E-state index contributed by atoms with van der Waals surface area (Å²) < 4.78 is 33.6. The maximum atomic E-state index is 12.4. The van der Waals surface area contributed by atoms with Gasteiger partial charge in [0.25, 0.3) is 5.91 Å². The van der Waals surface area contributed by atoms with Crippen LogP contribution in [-0.4, -0.2) is 63.8 Å². The summed E-state index contributed by atoms with van der Waals surface area (Å²) in [5.74, 6) is -2.78. The Hall–Kier alpha value is -3.60. The van der Waals surface area contributed by atoms with Gasteiger partial charge in [-0.3, -0.25) is 9.36 Å². The number of aromatic amines is 1. The Morgan fingerprint density at radius 3 is 2.33 bits per heavy atom. The molecule has 1 fully saturated rings. The zero-order valence-electron chi connectivity index (χ0n) is 20.1. The number of likely N-dealkylation sites (tertiary alicyclic amines) is 1. The van der Waals surface area contributed by atoms with Gasteiger partial charge in [-0.1, -0.05) is 18.2 Å². The summed E-state index contributed by atoms with van der Waals surface area (Å²) in [4.78, 5) is 38.9. The molecule has 36 heavy (non-hydrogen) atoms. The van der Waals surface area contributed by atoms with E-state index in [2.05, 4.69) is 15.2 Å². The van der Waals surface area contributed by atoms with E-state index in [0.29, 0.717) is 12.1 Å². The van der Waals surface area contributed by atoms with Crippen LogP contribution in [0.15, 0.2) is 47.3 Å². The number of carboxylic acid groups (broad SMARTS) is 1. The largest absolute Gasteiger partial charge is 0.490 e. The Morgan fingerprint density at radius 1 is 1.08 bits per heavy atom. The van der Waals surface area contributed by atoms with Crippen LogP contribution in [0.4, 0.5) is 13.2 Å². The molecule has 1 aromatic heterocycles. The summed E-state index contributed by atoms with van der Waals surface area (Å²) in [5.41, 5.74) is 4.90. The number of amides is 1. The van der Waals surface area contributed by atoms with Gasteiger partial charge < -0.3 is 20.3 Å². The first-order valence-corrected chi connectivity index (χ1v) is 11.5. The number of aliphatic carboxylic acids is 1. The van der Waals surface area contributed by atoms with Gasteiger partial charge in [-0.05, 0) is 62.1 Å². The number of piperidine rings is 1. The molecule has 2 aromatic carbocycles. The van der Waals surface area contributed by atoms with Crippen LogP contribution in [-0.2, 0) is 4.79 Å². The minimum atomic E-state index is -5.08. The number of alkyl halides is 3. The number of aromatic nitrogens is 2. The Labute approximate surface area is 205 Å². The molecule has 0 unspecified atom stereocenters. The normalized spacial score (nSPS) is 14.8. The van der Waals surface area contributed by atoms with Crippen LogP contribution < -0.4 is 11.0 Å². The fourth-order valence-electron chi connectivity index (χ4n) is 4.15. The zero-order valence-corrected chi connectivity index (χ0v) is 20.1. The van der Waals surface area contributed by atoms with E-state index in [-0.39, 0.29) is 17.6 Å². The van der Waals surface area contributed by atoms with Crippen LogP contribution >= 0.6 is 0 Å². The molecule has 0 saturated carbocycles. The number of halogens is 3. The fourth-order valence-corrected chi connectivity index (χ4v) is 4.15. The number of para-hydroxylation sites is 2. The zero-order chi connectivity index (χ0) is 26.5. The van der Waals surface area contributed by atoms with Crippen molar-refractivity contribution in [1.82, 2.24) is 19.8 Å². The van der Waals surface area contributed by atoms with Gasteiger partial charge in [-0.15, -0.1) is 0 Å². The molecular weight excluding hydrogens is 477 g/mol. The lowest BCUT2D eigenvalue weighted by Gasteiger charge is -2.32. The van der Waals surface area contributed by atoms with Crippen molar-refractivity contribution in [1.29, 1.82) is 0 Å². The number of hydrogen-bond acceptors (Lipinski definition) is 4. The van der Waals surface area contributed by atoms with Gasteiger partial charge >= 0.3 is 17.8 Å². The van der Waals surface area contributed by atoms with Gasteiger partial charge in [0, 0.05) is 37.8 Å². The van der Waals surface area contributed by atoms with Crippen molar-refractivity contribution in [3.8, 4) is 0 Å². The lowest BCUT2D eigenvalue weighted by atomic mass is 10.0. The fraction of sp³-hybridized carbons (Fsp3) is 0.400. The van der Waals surface area contributed by atoms with Gasteiger partial charge in [0.1, 0.15) is 0 Å². The first kappa shape index (κ1) is 27.0. The predicted octanol–water partition coefficient (Wildman–Crippen LogP) is 3.65. The second kappa shape index (κ2) is 11.4. The van der Waals surface area contributed by atoms with E-state index < -0.39 is 12.1 Å². The number of rotatable bonds is 5. The van der Waals surface area contributed by atoms with Crippen molar-refractivity contribution in [2.75, 3.05) is 26.2 Å². The Morgan fingerprint density at radius 2 is 1.72 bits per heavy atom. The number of nitrogens with zero attached hydrogens (tertiary/aromatic N) is 2. The highest BCUT2D eigenvalue weighted by Crippen LogP contribution is 2.24. The molecule has 2 heterocycles. The van der Waals surface area contributed by atoms with Crippen molar-refractivity contribution in [2.45, 2.75) is 38.9 Å². The standard InChI is InChI=1S/C23H28N4O2.C2HF3O2/c1-16-7-8-18(15-17(16)2)22(28)24-11-14-26-12-9-19(10-13-26)27-21-6-4-3-5-20(21)25-23(27)29;3-2(4,5)1(6)7/h3-8,15,19H,9-14H2,1-2H3,(H,24,28)(H,25,29);(H,6,7). The highest BCUT2D eigenvalue weighted by molar-refractivity contribution is 5.94. The van der Waals surface area contributed by atoms with Crippen LogP contribution in [0.2, 0.25) is 0 Å². The molecule has 4 rings (SSSR count). The molecule has 1 amide bonds. The molecule has 11 heteroatoms. The second-order valence-corrected chi connectivity index (χ2v) is 8.75. The molecule has 194 valence electrons. The monoisotopic (exact) mass is 506 g/mol. The van der Waals surface area contributed by atoms with Gasteiger partial charge in [0.2, 0.25) is 0 Å². The molecule has 1 saturated heterocycles. The number of carbonyl (C=O) groups excluding carboxylic acids is 1. The summed E-state index contributed by atoms with van der Waals surface area (Å²) in [5, 5.41) is 10.1. The maximum Gasteiger partial charge on any atom is 0.490 e. The summed E-state index contributed by atoms with van der Waals surface area (Å²) in [7, 11) is 0. The first-order chi connectivity index (χ1) is 17.0. The van der Waals surface area contributed by atoms with E-state index in [4.69, 9.17) is 9.90 Å². The maximum absolute atomic E-state index is 12.4. The molecule has 8 nitrogen and oxygen atoms in total. The molecule has 0 spiro atoms. The summed E-state index contributed by atoms with van der Waals surface area (Å²) in [6, 6.07) is 13.9. The highest BCUT2D eigenvalue weighted by Gasteiger charge is 2.38. The third-order valence-electron chi connectivity index (χ3n) is 6.27. The lowest BCUT2D eigenvalue weighted by molar-refractivity contribution is -0.192. The van der Waals surface area contributed by atoms with E-state index in [0.717, 1.165) is 49.1 Å². The number of benzene rings is 2. The van der Waals surface area contributed by atoms with Gasteiger partial charge in [0.15, 0.2) is 0 Å².